The molecule has 0 amide bonds. The highest BCUT2D eigenvalue weighted by Crippen LogP contribution is 2.37. The predicted molar refractivity (Wildman–Crippen MR) is 81.7 cm³/mol. The minimum atomic E-state index is -0.917. The molecule has 112 valence electrons. The molecule has 0 saturated heterocycles. The van der Waals surface area contributed by atoms with Crippen LogP contribution in [-0.4, -0.2) is 17.3 Å². The molecule has 3 N–H and O–H groups in total. The molecular formula is C17H27NO2. The van der Waals surface area contributed by atoms with E-state index in [9.17, 15) is 5.11 Å². The van der Waals surface area contributed by atoms with Gasteiger partial charge in [-0.05, 0) is 44.4 Å². The van der Waals surface area contributed by atoms with Gasteiger partial charge in [-0.15, -0.1) is 0 Å². The molecule has 0 aromatic heterocycles. The molecule has 1 atom stereocenters. The van der Waals surface area contributed by atoms with Crippen LogP contribution in [0, 0.1) is 5.41 Å². The largest absolute Gasteiger partial charge is 0.493 e. The van der Waals surface area contributed by atoms with Gasteiger partial charge in [0.2, 0.25) is 0 Å². The van der Waals surface area contributed by atoms with Gasteiger partial charge in [0.15, 0.2) is 0 Å². The lowest BCUT2D eigenvalue weighted by Gasteiger charge is -2.26. The normalized spacial score (nSPS) is 19.9. The molecule has 1 aliphatic carbocycles. The summed E-state index contributed by atoms with van der Waals surface area (Å²) in [6, 6.07) is 7.38. The summed E-state index contributed by atoms with van der Waals surface area (Å²) >= 11 is 0. The first-order chi connectivity index (χ1) is 9.30. The monoisotopic (exact) mass is 277 g/mol. The average Bonchev–Trinajstić information content (AvgIpc) is 2.83. The number of aliphatic hydroxyl groups is 1. The van der Waals surface area contributed by atoms with Crippen molar-refractivity contribution in [3.05, 3.63) is 29.8 Å². The number of ether oxygens (including phenoxy) is 1. The molecule has 0 unspecified atom stereocenters. The van der Waals surface area contributed by atoms with Crippen LogP contribution in [0.2, 0.25) is 0 Å². The molecule has 0 radical (unpaired) electrons. The minimum absolute atomic E-state index is 0.335. The van der Waals surface area contributed by atoms with Crippen molar-refractivity contribution in [2.45, 2.75) is 58.1 Å². The Morgan fingerprint density at radius 3 is 2.30 bits per heavy atom. The van der Waals surface area contributed by atoms with E-state index in [4.69, 9.17) is 10.5 Å². The van der Waals surface area contributed by atoms with E-state index in [-0.39, 0.29) is 6.04 Å². The van der Waals surface area contributed by atoms with Crippen LogP contribution in [0.3, 0.4) is 0 Å². The summed E-state index contributed by atoms with van der Waals surface area (Å²) in [6.07, 6.45) is 5.15. The first-order valence-corrected chi connectivity index (χ1v) is 7.51. The predicted octanol–water partition coefficient (Wildman–Crippen LogP) is 3.42. The van der Waals surface area contributed by atoms with Crippen molar-refractivity contribution in [2.75, 3.05) is 6.61 Å². The molecule has 20 heavy (non-hydrogen) atoms. The fraction of sp³-hybridized carbons (Fsp3) is 0.647. The Kier molecular flexibility index (Phi) is 4.40. The van der Waals surface area contributed by atoms with Gasteiger partial charge in [-0.1, -0.05) is 31.9 Å². The second-order valence-electron chi connectivity index (χ2n) is 7.01. The standard InChI is InChI=1S/C17H27NO2/c1-16(2,19)15(18)13-6-8-14(9-7-13)20-12-17(3)10-4-5-11-17/h6-9,15,19H,4-5,10-12,18H2,1-3H3/t15-/m1/s1. The van der Waals surface area contributed by atoms with Crippen LogP contribution >= 0.6 is 0 Å². The molecule has 1 fully saturated rings. The number of hydrogen-bond acceptors (Lipinski definition) is 3. The Morgan fingerprint density at radius 2 is 1.80 bits per heavy atom. The molecule has 1 saturated carbocycles. The third-order valence-electron chi connectivity index (χ3n) is 4.40. The number of hydrogen-bond donors (Lipinski definition) is 2. The second-order valence-corrected chi connectivity index (χ2v) is 7.01. The van der Waals surface area contributed by atoms with Crippen LogP contribution in [0.25, 0.3) is 0 Å². The maximum absolute atomic E-state index is 9.93. The lowest BCUT2D eigenvalue weighted by Crippen LogP contribution is -2.34. The fourth-order valence-corrected chi connectivity index (χ4v) is 2.81. The number of rotatable bonds is 5. The highest BCUT2D eigenvalue weighted by molar-refractivity contribution is 5.30. The Bertz CT molecular complexity index is 427. The summed E-state index contributed by atoms with van der Waals surface area (Å²) in [7, 11) is 0. The zero-order valence-corrected chi connectivity index (χ0v) is 12.9. The Morgan fingerprint density at radius 1 is 1.25 bits per heavy atom. The number of nitrogens with two attached hydrogens (primary N) is 1. The summed E-state index contributed by atoms with van der Waals surface area (Å²) in [5.41, 5.74) is 6.37. The Balaban J connectivity index is 1.95. The van der Waals surface area contributed by atoms with Gasteiger partial charge < -0.3 is 15.6 Å². The molecule has 3 heteroatoms. The van der Waals surface area contributed by atoms with Crippen molar-refractivity contribution in [2.24, 2.45) is 11.1 Å². The van der Waals surface area contributed by atoms with Crippen LogP contribution in [-0.2, 0) is 0 Å². The van der Waals surface area contributed by atoms with Crippen molar-refractivity contribution >= 4 is 0 Å². The number of benzene rings is 1. The third kappa shape index (κ3) is 3.74. The molecule has 1 aromatic rings. The zero-order valence-electron chi connectivity index (χ0n) is 12.9. The van der Waals surface area contributed by atoms with Crippen molar-refractivity contribution in [3.8, 4) is 5.75 Å². The van der Waals surface area contributed by atoms with E-state index in [1.165, 1.54) is 25.7 Å². The van der Waals surface area contributed by atoms with Crippen LogP contribution < -0.4 is 10.5 Å². The van der Waals surface area contributed by atoms with Gasteiger partial charge in [0.1, 0.15) is 5.75 Å². The summed E-state index contributed by atoms with van der Waals surface area (Å²) in [5, 5.41) is 9.93. The van der Waals surface area contributed by atoms with E-state index in [0.717, 1.165) is 17.9 Å². The van der Waals surface area contributed by atoms with E-state index >= 15 is 0 Å². The molecule has 1 aliphatic rings. The maximum Gasteiger partial charge on any atom is 0.119 e. The van der Waals surface area contributed by atoms with Crippen LogP contribution in [0.1, 0.15) is 58.1 Å². The van der Waals surface area contributed by atoms with Gasteiger partial charge in [-0.2, -0.15) is 0 Å². The van der Waals surface area contributed by atoms with E-state index in [2.05, 4.69) is 6.92 Å². The van der Waals surface area contributed by atoms with Crippen molar-refractivity contribution in [1.82, 2.24) is 0 Å². The first kappa shape index (κ1) is 15.3. The molecule has 3 nitrogen and oxygen atoms in total. The summed E-state index contributed by atoms with van der Waals surface area (Å²) in [5.74, 6) is 0.879. The highest BCUT2D eigenvalue weighted by Gasteiger charge is 2.29. The smallest absolute Gasteiger partial charge is 0.119 e. The van der Waals surface area contributed by atoms with Gasteiger partial charge in [0.25, 0.3) is 0 Å². The van der Waals surface area contributed by atoms with Gasteiger partial charge >= 0.3 is 0 Å². The first-order valence-electron chi connectivity index (χ1n) is 7.51. The molecular weight excluding hydrogens is 250 g/mol. The zero-order chi connectivity index (χ0) is 14.8. The highest BCUT2D eigenvalue weighted by atomic mass is 16.5. The van der Waals surface area contributed by atoms with Crippen LogP contribution in [0.15, 0.2) is 24.3 Å². The van der Waals surface area contributed by atoms with Gasteiger partial charge in [0.05, 0.1) is 18.2 Å². The Labute approximate surface area is 122 Å². The summed E-state index contributed by atoms with van der Waals surface area (Å²) < 4.78 is 5.91. The molecule has 2 rings (SSSR count). The molecule has 0 heterocycles. The van der Waals surface area contributed by atoms with Crippen molar-refractivity contribution in [3.63, 3.8) is 0 Å². The molecule has 0 spiro atoms. The minimum Gasteiger partial charge on any atom is -0.493 e. The molecule has 0 bridgehead atoms. The molecule has 1 aromatic carbocycles. The summed E-state index contributed by atoms with van der Waals surface area (Å²) in [4.78, 5) is 0. The van der Waals surface area contributed by atoms with Gasteiger partial charge in [-0.3, -0.25) is 0 Å². The lowest BCUT2D eigenvalue weighted by atomic mass is 9.90. The van der Waals surface area contributed by atoms with E-state index in [0.29, 0.717) is 5.41 Å². The summed E-state index contributed by atoms with van der Waals surface area (Å²) in [6.45, 7) is 6.54. The molecule has 0 aliphatic heterocycles. The maximum atomic E-state index is 9.93. The van der Waals surface area contributed by atoms with Gasteiger partial charge in [-0.25, -0.2) is 0 Å². The third-order valence-corrected chi connectivity index (χ3v) is 4.40. The van der Waals surface area contributed by atoms with Crippen molar-refractivity contribution < 1.29 is 9.84 Å². The topological polar surface area (TPSA) is 55.5 Å². The Hall–Kier alpha value is -1.06. The van der Waals surface area contributed by atoms with Crippen molar-refractivity contribution in [1.29, 1.82) is 0 Å². The van der Waals surface area contributed by atoms with Crippen LogP contribution in [0.4, 0.5) is 0 Å². The SMILES string of the molecule is CC1(COc2ccc([C@@H](N)C(C)(C)O)cc2)CCCC1. The second kappa shape index (κ2) is 5.74. The average molecular weight is 277 g/mol. The quantitative estimate of drug-likeness (QED) is 0.867. The van der Waals surface area contributed by atoms with Crippen LogP contribution in [0.5, 0.6) is 5.75 Å². The van der Waals surface area contributed by atoms with E-state index < -0.39 is 5.60 Å². The van der Waals surface area contributed by atoms with Gasteiger partial charge in [0, 0.05) is 5.41 Å². The van der Waals surface area contributed by atoms with E-state index in [1.54, 1.807) is 13.8 Å². The fourth-order valence-electron chi connectivity index (χ4n) is 2.81. The van der Waals surface area contributed by atoms with E-state index in [1.807, 2.05) is 24.3 Å². The lowest BCUT2D eigenvalue weighted by molar-refractivity contribution is 0.0517.